The van der Waals surface area contributed by atoms with Crippen LogP contribution in [-0.4, -0.2) is 16.9 Å². The van der Waals surface area contributed by atoms with Crippen molar-refractivity contribution in [3.63, 3.8) is 0 Å². The Morgan fingerprint density at radius 2 is 1.91 bits per heavy atom. The number of hydrogen-bond donors (Lipinski definition) is 2. The van der Waals surface area contributed by atoms with Crippen LogP contribution in [0.3, 0.4) is 0 Å². The highest BCUT2D eigenvalue weighted by Crippen LogP contribution is 2.34. The number of carbonyl (C=O) groups is 1. The third kappa shape index (κ3) is 3.80. The average molecular weight is 321 g/mol. The second kappa shape index (κ2) is 5.91. The number of amides is 1. The molecule has 1 aliphatic carbocycles. The van der Waals surface area contributed by atoms with Gasteiger partial charge in [0.1, 0.15) is 0 Å². The molecule has 1 fully saturated rings. The second-order valence-corrected chi connectivity index (χ2v) is 5.38. The van der Waals surface area contributed by atoms with Crippen LogP contribution < -0.4 is 10.6 Å². The van der Waals surface area contributed by atoms with Gasteiger partial charge in [0.15, 0.2) is 0 Å². The zero-order valence-corrected chi connectivity index (χ0v) is 12.0. The molecule has 0 aliphatic heterocycles. The number of alkyl halides is 3. The van der Waals surface area contributed by atoms with E-state index < -0.39 is 17.6 Å². The van der Waals surface area contributed by atoms with E-state index in [0.717, 1.165) is 18.9 Å². The molecule has 1 amide bonds. The van der Waals surface area contributed by atoms with E-state index in [-0.39, 0.29) is 11.3 Å². The Labute approximate surface area is 130 Å². The van der Waals surface area contributed by atoms with Gasteiger partial charge in [0.25, 0.3) is 5.91 Å². The fourth-order valence-corrected chi connectivity index (χ4v) is 2.14. The van der Waals surface area contributed by atoms with Crippen LogP contribution in [0, 0.1) is 0 Å². The molecule has 0 radical (unpaired) electrons. The fraction of sp³-hybridized carbons (Fsp3) is 0.250. The van der Waals surface area contributed by atoms with E-state index in [0.29, 0.717) is 11.7 Å². The molecule has 0 atom stereocenters. The normalized spacial score (nSPS) is 14.4. The summed E-state index contributed by atoms with van der Waals surface area (Å²) in [6.45, 7) is 0. The van der Waals surface area contributed by atoms with E-state index in [1.54, 1.807) is 12.3 Å². The number of carbonyl (C=O) groups excluding carboxylic acids is 1. The fourth-order valence-electron chi connectivity index (χ4n) is 2.14. The van der Waals surface area contributed by atoms with Crippen molar-refractivity contribution in [1.29, 1.82) is 0 Å². The van der Waals surface area contributed by atoms with Crippen LogP contribution in [0.15, 0.2) is 42.7 Å². The first-order valence-electron chi connectivity index (χ1n) is 7.12. The molecular weight excluding hydrogens is 307 g/mol. The van der Waals surface area contributed by atoms with Gasteiger partial charge in [-0.05, 0) is 31.0 Å². The van der Waals surface area contributed by atoms with E-state index in [9.17, 15) is 18.0 Å². The summed E-state index contributed by atoms with van der Waals surface area (Å²) in [6.07, 6.45) is 0.505. The molecule has 7 heteroatoms. The maximum atomic E-state index is 12.9. The molecular formula is C16H14F3N3O. The third-order valence-electron chi connectivity index (χ3n) is 3.43. The number of rotatable bonds is 4. The SMILES string of the molecule is O=C(Nc1ccccc1C(F)(F)F)c1cncc(NC2CC2)c1. The van der Waals surface area contributed by atoms with Gasteiger partial charge in [-0.2, -0.15) is 13.2 Å². The summed E-state index contributed by atoms with van der Waals surface area (Å²) < 4.78 is 38.8. The lowest BCUT2D eigenvalue weighted by atomic mass is 10.1. The minimum Gasteiger partial charge on any atom is -0.381 e. The molecule has 120 valence electrons. The number of halogens is 3. The van der Waals surface area contributed by atoms with Gasteiger partial charge >= 0.3 is 6.18 Å². The molecule has 2 aromatic rings. The highest BCUT2D eigenvalue weighted by molar-refractivity contribution is 6.05. The Balaban J connectivity index is 1.79. The van der Waals surface area contributed by atoms with Crippen molar-refractivity contribution in [1.82, 2.24) is 4.98 Å². The van der Waals surface area contributed by atoms with Gasteiger partial charge in [-0.15, -0.1) is 0 Å². The lowest BCUT2D eigenvalue weighted by Crippen LogP contribution is -2.17. The quantitative estimate of drug-likeness (QED) is 0.897. The van der Waals surface area contributed by atoms with Gasteiger partial charge in [-0.3, -0.25) is 9.78 Å². The molecule has 0 unspecified atom stereocenters. The second-order valence-electron chi connectivity index (χ2n) is 5.38. The number of anilines is 2. The summed E-state index contributed by atoms with van der Waals surface area (Å²) in [4.78, 5) is 16.2. The molecule has 1 aromatic heterocycles. The monoisotopic (exact) mass is 321 g/mol. The molecule has 1 aromatic carbocycles. The number of hydrogen-bond acceptors (Lipinski definition) is 3. The summed E-state index contributed by atoms with van der Waals surface area (Å²) in [5.41, 5.74) is -0.268. The Bertz CT molecular complexity index is 727. The Kier molecular flexibility index (Phi) is 3.94. The first kappa shape index (κ1) is 15.3. The largest absolute Gasteiger partial charge is 0.418 e. The number of nitrogens with zero attached hydrogens (tertiary/aromatic N) is 1. The summed E-state index contributed by atoms with van der Waals surface area (Å²) in [5, 5.41) is 5.49. The minimum atomic E-state index is -4.53. The predicted octanol–water partition coefficient (Wildman–Crippen LogP) is 3.93. The Morgan fingerprint density at radius 1 is 1.17 bits per heavy atom. The molecule has 0 spiro atoms. The van der Waals surface area contributed by atoms with Crippen molar-refractivity contribution in [2.45, 2.75) is 25.1 Å². The maximum absolute atomic E-state index is 12.9. The molecule has 1 heterocycles. The van der Waals surface area contributed by atoms with Crippen LogP contribution in [0.4, 0.5) is 24.5 Å². The van der Waals surface area contributed by atoms with Crippen molar-refractivity contribution in [3.05, 3.63) is 53.9 Å². The topological polar surface area (TPSA) is 54.0 Å². The van der Waals surface area contributed by atoms with E-state index in [4.69, 9.17) is 0 Å². The van der Waals surface area contributed by atoms with Crippen molar-refractivity contribution in [3.8, 4) is 0 Å². The van der Waals surface area contributed by atoms with Crippen molar-refractivity contribution in [2.24, 2.45) is 0 Å². The third-order valence-corrected chi connectivity index (χ3v) is 3.43. The van der Waals surface area contributed by atoms with E-state index in [2.05, 4.69) is 15.6 Å². The summed E-state index contributed by atoms with van der Waals surface area (Å²) in [6, 6.07) is 6.84. The van der Waals surface area contributed by atoms with Crippen LogP contribution in [0.25, 0.3) is 0 Å². The van der Waals surface area contributed by atoms with Crippen molar-refractivity contribution < 1.29 is 18.0 Å². The maximum Gasteiger partial charge on any atom is 0.418 e. The van der Waals surface area contributed by atoms with Gasteiger partial charge in [-0.1, -0.05) is 12.1 Å². The lowest BCUT2D eigenvalue weighted by molar-refractivity contribution is -0.136. The zero-order chi connectivity index (χ0) is 16.4. The molecule has 3 rings (SSSR count). The van der Waals surface area contributed by atoms with Crippen molar-refractivity contribution in [2.75, 3.05) is 10.6 Å². The molecule has 0 bridgehead atoms. The van der Waals surface area contributed by atoms with Gasteiger partial charge < -0.3 is 10.6 Å². The van der Waals surface area contributed by atoms with Gasteiger partial charge in [-0.25, -0.2) is 0 Å². The van der Waals surface area contributed by atoms with E-state index in [1.165, 1.54) is 24.4 Å². The van der Waals surface area contributed by atoms with Crippen LogP contribution in [0.1, 0.15) is 28.8 Å². The summed E-state index contributed by atoms with van der Waals surface area (Å²) in [7, 11) is 0. The summed E-state index contributed by atoms with van der Waals surface area (Å²) >= 11 is 0. The molecule has 2 N–H and O–H groups in total. The Morgan fingerprint density at radius 3 is 2.61 bits per heavy atom. The Hall–Kier alpha value is -2.57. The average Bonchev–Trinajstić information content (AvgIpc) is 3.31. The van der Waals surface area contributed by atoms with Gasteiger partial charge in [0.05, 0.1) is 22.5 Å². The smallest absolute Gasteiger partial charge is 0.381 e. The minimum absolute atomic E-state index is 0.202. The predicted molar refractivity (Wildman–Crippen MR) is 80.3 cm³/mol. The van der Waals surface area contributed by atoms with Crippen LogP contribution in [-0.2, 0) is 6.18 Å². The van der Waals surface area contributed by atoms with E-state index in [1.807, 2.05) is 0 Å². The highest BCUT2D eigenvalue weighted by Gasteiger charge is 2.33. The number of aromatic nitrogens is 1. The number of nitrogens with one attached hydrogen (secondary N) is 2. The van der Waals surface area contributed by atoms with Crippen LogP contribution >= 0.6 is 0 Å². The number of benzene rings is 1. The molecule has 23 heavy (non-hydrogen) atoms. The standard InChI is InChI=1S/C16H14F3N3O/c17-16(18,19)13-3-1-2-4-14(13)22-15(23)10-7-12(9-20-8-10)21-11-5-6-11/h1-4,7-9,11,21H,5-6H2,(H,22,23). The molecule has 0 saturated heterocycles. The molecule has 1 aliphatic rings. The first-order chi connectivity index (χ1) is 10.9. The van der Waals surface area contributed by atoms with Crippen molar-refractivity contribution >= 4 is 17.3 Å². The van der Waals surface area contributed by atoms with Gasteiger partial charge in [0, 0.05) is 18.4 Å². The van der Waals surface area contributed by atoms with Crippen LogP contribution in [0.5, 0.6) is 0 Å². The first-order valence-corrected chi connectivity index (χ1v) is 7.12. The number of para-hydroxylation sites is 1. The molecule has 1 saturated carbocycles. The van der Waals surface area contributed by atoms with Gasteiger partial charge in [0.2, 0.25) is 0 Å². The zero-order valence-electron chi connectivity index (χ0n) is 12.0. The molecule has 4 nitrogen and oxygen atoms in total. The summed E-state index contributed by atoms with van der Waals surface area (Å²) in [5.74, 6) is -0.631. The van der Waals surface area contributed by atoms with E-state index >= 15 is 0 Å². The number of pyridine rings is 1. The van der Waals surface area contributed by atoms with Crippen LogP contribution in [0.2, 0.25) is 0 Å². The lowest BCUT2D eigenvalue weighted by Gasteiger charge is -2.13. The highest BCUT2D eigenvalue weighted by atomic mass is 19.4.